The molecular formula is C22H36N2. The molecule has 7 unspecified atom stereocenters. The second kappa shape index (κ2) is 5.10. The fourth-order valence-corrected chi connectivity index (χ4v) is 8.49. The number of likely N-dealkylation sites (tertiary alicyclic amines) is 1. The van der Waals surface area contributed by atoms with Crippen LogP contribution in [0.3, 0.4) is 0 Å². The summed E-state index contributed by atoms with van der Waals surface area (Å²) in [5, 5.41) is 0. The van der Waals surface area contributed by atoms with Crippen molar-refractivity contribution in [1.29, 1.82) is 0 Å². The van der Waals surface area contributed by atoms with E-state index in [1.54, 1.807) is 5.57 Å². The van der Waals surface area contributed by atoms with Gasteiger partial charge in [-0.2, -0.15) is 0 Å². The summed E-state index contributed by atoms with van der Waals surface area (Å²) in [4.78, 5) is 2.68. The minimum Gasteiger partial charge on any atom is -0.327 e. The van der Waals surface area contributed by atoms with Gasteiger partial charge in [-0.1, -0.05) is 18.6 Å². The predicted molar refractivity (Wildman–Crippen MR) is 99.6 cm³/mol. The van der Waals surface area contributed by atoms with Gasteiger partial charge in [0.1, 0.15) is 0 Å². The number of rotatable bonds is 0. The van der Waals surface area contributed by atoms with E-state index < -0.39 is 0 Å². The zero-order valence-electron chi connectivity index (χ0n) is 15.9. The highest BCUT2D eigenvalue weighted by Crippen LogP contribution is 2.68. The standard InChI is InChI=1S/C22H36N2/c1-14-18-6-7-20-17-5-4-15-12-16(23)8-10-21(15,2)19(17)9-11-22(18,20)13-24(14)3/h4,14,16-20H,5-13,23H2,1-3H3/t14?,16-,17?,18?,19?,20?,21?,22?/m0/s1. The summed E-state index contributed by atoms with van der Waals surface area (Å²) in [5.41, 5.74) is 9.20. The van der Waals surface area contributed by atoms with Gasteiger partial charge in [0.2, 0.25) is 0 Å². The van der Waals surface area contributed by atoms with E-state index in [4.69, 9.17) is 5.73 Å². The molecule has 1 spiro atoms. The largest absolute Gasteiger partial charge is 0.327 e. The highest BCUT2D eigenvalue weighted by Gasteiger charge is 2.63. The van der Waals surface area contributed by atoms with Gasteiger partial charge in [-0.05, 0) is 99.8 Å². The number of nitrogens with two attached hydrogens (primary N) is 1. The van der Waals surface area contributed by atoms with Crippen LogP contribution in [0.4, 0.5) is 0 Å². The van der Waals surface area contributed by atoms with E-state index in [0.717, 1.165) is 29.7 Å². The first-order chi connectivity index (χ1) is 11.5. The van der Waals surface area contributed by atoms with Gasteiger partial charge in [0.05, 0.1) is 0 Å². The molecule has 24 heavy (non-hydrogen) atoms. The van der Waals surface area contributed by atoms with E-state index in [9.17, 15) is 0 Å². The number of hydrogen-bond acceptors (Lipinski definition) is 2. The van der Waals surface area contributed by atoms with Crippen LogP contribution in [-0.2, 0) is 0 Å². The summed E-state index contributed by atoms with van der Waals surface area (Å²) in [5.74, 6) is 3.89. The van der Waals surface area contributed by atoms with E-state index in [0.29, 0.717) is 16.9 Å². The molecular weight excluding hydrogens is 292 g/mol. The first-order valence-electron chi connectivity index (χ1n) is 10.6. The molecule has 4 fully saturated rings. The van der Waals surface area contributed by atoms with Crippen molar-refractivity contribution in [3.8, 4) is 0 Å². The molecule has 5 aliphatic rings. The lowest BCUT2D eigenvalue weighted by atomic mass is 9.47. The second-order valence-electron chi connectivity index (χ2n) is 10.4. The van der Waals surface area contributed by atoms with Gasteiger partial charge in [0.25, 0.3) is 0 Å². The van der Waals surface area contributed by atoms with E-state index in [1.165, 1.54) is 57.9 Å². The SMILES string of the molecule is CC1C2CCC3C4CC=C5C[C@@H](N)CCC5(C)C4CCC32CN1C. The average Bonchev–Trinajstić information content (AvgIpc) is 3.03. The quantitative estimate of drug-likeness (QED) is 0.675. The van der Waals surface area contributed by atoms with Gasteiger partial charge in [-0.15, -0.1) is 0 Å². The second-order valence-corrected chi connectivity index (χ2v) is 10.4. The number of nitrogens with zero attached hydrogens (tertiary/aromatic N) is 1. The number of fused-ring (bicyclic) bond motifs is 4. The lowest BCUT2D eigenvalue weighted by Gasteiger charge is -2.58. The zero-order valence-corrected chi connectivity index (χ0v) is 15.9. The van der Waals surface area contributed by atoms with Crippen molar-refractivity contribution in [3.63, 3.8) is 0 Å². The van der Waals surface area contributed by atoms with Gasteiger partial charge >= 0.3 is 0 Å². The van der Waals surface area contributed by atoms with E-state index in [-0.39, 0.29) is 0 Å². The first-order valence-corrected chi connectivity index (χ1v) is 10.6. The maximum absolute atomic E-state index is 6.31. The minimum absolute atomic E-state index is 0.427. The Morgan fingerprint density at radius 1 is 1.08 bits per heavy atom. The minimum atomic E-state index is 0.427. The molecule has 8 atom stereocenters. The Hall–Kier alpha value is -0.340. The van der Waals surface area contributed by atoms with Crippen molar-refractivity contribution >= 4 is 0 Å². The molecule has 0 aromatic heterocycles. The van der Waals surface area contributed by atoms with E-state index >= 15 is 0 Å². The van der Waals surface area contributed by atoms with Crippen LogP contribution in [0.25, 0.3) is 0 Å². The summed E-state index contributed by atoms with van der Waals surface area (Å²) >= 11 is 0. The molecule has 4 aliphatic carbocycles. The molecule has 2 heteroatoms. The Balaban J connectivity index is 1.49. The third-order valence-corrected chi connectivity index (χ3v) is 9.75. The van der Waals surface area contributed by atoms with Crippen LogP contribution in [0.2, 0.25) is 0 Å². The third-order valence-electron chi connectivity index (χ3n) is 9.75. The Kier molecular flexibility index (Phi) is 3.37. The van der Waals surface area contributed by atoms with Gasteiger partial charge < -0.3 is 10.6 Å². The van der Waals surface area contributed by atoms with Crippen molar-refractivity contribution in [3.05, 3.63) is 11.6 Å². The van der Waals surface area contributed by atoms with Crippen molar-refractivity contribution in [1.82, 2.24) is 4.90 Å². The summed E-state index contributed by atoms with van der Waals surface area (Å²) in [6.07, 6.45) is 13.8. The molecule has 0 aromatic rings. The van der Waals surface area contributed by atoms with Crippen LogP contribution in [0.1, 0.15) is 65.2 Å². The molecule has 5 rings (SSSR count). The summed E-state index contributed by atoms with van der Waals surface area (Å²) in [7, 11) is 2.38. The zero-order chi connectivity index (χ0) is 16.7. The van der Waals surface area contributed by atoms with Gasteiger partial charge in [-0.3, -0.25) is 0 Å². The topological polar surface area (TPSA) is 29.3 Å². The smallest absolute Gasteiger partial charge is 0.00982 e. The fraction of sp³-hybridized carbons (Fsp3) is 0.909. The van der Waals surface area contributed by atoms with Crippen molar-refractivity contribution in [2.24, 2.45) is 40.2 Å². The lowest BCUT2D eigenvalue weighted by Crippen LogP contribution is -2.52. The Morgan fingerprint density at radius 3 is 2.71 bits per heavy atom. The van der Waals surface area contributed by atoms with Crippen molar-refractivity contribution < 1.29 is 0 Å². The molecule has 2 nitrogen and oxygen atoms in total. The van der Waals surface area contributed by atoms with E-state index in [2.05, 4.69) is 31.9 Å². The van der Waals surface area contributed by atoms with Crippen LogP contribution in [0, 0.1) is 34.5 Å². The van der Waals surface area contributed by atoms with Gasteiger partial charge in [-0.25, -0.2) is 0 Å². The monoisotopic (exact) mass is 328 g/mol. The van der Waals surface area contributed by atoms with Crippen LogP contribution in [0.15, 0.2) is 11.6 Å². The highest BCUT2D eigenvalue weighted by atomic mass is 15.2. The van der Waals surface area contributed by atoms with Crippen LogP contribution in [0.5, 0.6) is 0 Å². The molecule has 134 valence electrons. The molecule has 1 aliphatic heterocycles. The third kappa shape index (κ3) is 1.85. The molecule has 2 N–H and O–H groups in total. The summed E-state index contributed by atoms with van der Waals surface area (Å²) in [6.45, 7) is 6.48. The lowest BCUT2D eigenvalue weighted by molar-refractivity contribution is -0.0397. The highest BCUT2D eigenvalue weighted by molar-refractivity contribution is 5.26. The summed E-state index contributed by atoms with van der Waals surface area (Å²) in [6, 6.07) is 1.24. The molecule has 0 radical (unpaired) electrons. The maximum Gasteiger partial charge on any atom is 0.00982 e. The molecule has 0 amide bonds. The molecule has 1 heterocycles. The van der Waals surface area contributed by atoms with Crippen LogP contribution in [-0.4, -0.2) is 30.6 Å². The number of hydrogen-bond donors (Lipinski definition) is 1. The fourth-order valence-electron chi connectivity index (χ4n) is 8.49. The Labute approximate surface area is 148 Å². The average molecular weight is 329 g/mol. The molecule has 1 saturated heterocycles. The molecule has 3 saturated carbocycles. The van der Waals surface area contributed by atoms with E-state index in [1.807, 2.05) is 0 Å². The van der Waals surface area contributed by atoms with Crippen molar-refractivity contribution in [2.45, 2.75) is 77.3 Å². The summed E-state index contributed by atoms with van der Waals surface area (Å²) < 4.78 is 0. The van der Waals surface area contributed by atoms with Crippen molar-refractivity contribution in [2.75, 3.05) is 13.6 Å². The van der Waals surface area contributed by atoms with Crippen LogP contribution >= 0.6 is 0 Å². The molecule has 0 bridgehead atoms. The maximum atomic E-state index is 6.31. The Morgan fingerprint density at radius 2 is 1.88 bits per heavy atom. The predicted octanol–water partition coefficient (Wildman–Crippen LogP) is 4.21. The molecule has 0 aromatic carbocycles. The number of allylic oxidation sites excluding steroid dienone is 1. The van der Waals surface area contributed by atoms with Gasteiger partial charge in [0, 0.05) is 18.6 Å². The normalized spacial score (nSPS) is 56.9. The van der Waals surface area contributed by atoms with Gasteiger partial charge in [0.15, 0.2) is 0 Å². The van der Waals surface area contributed by atoms with Crippen LogP contribution < -0.4 is 5.73 Å². The first kappa shape index (κ1) is 15.9. The Bertz CT molecular complexity index is 568.